The number of hydrogen-bond acceptors (Lipinski definition) is 5. The number of rotatable bonds is 3. The van der Waals surface area contributed by atoms with Gasteiger partial charge in [-0.2, -0.15) is 4.98 Å². The molecule has 0 fully saturated rings. The number of nitrogens with zero attached hydrogens (tertiary/aromatic N) is 3. The van der Waals surface area contributed by atoms with Gasteiger partial charge in [-0.1, -0.05) is 47.1 Å². The van der Waals surface area contributed by atoms with Gasteiger partial charge in [0.05, 0.1) is 5.69 Å². The second-order valence-corrected chi connectivity index (χ2v) is 6.03. The van der Waals surface area contributed by atoms with E-state index < -0.39 is 6.10 Å². The Balaban J connectivity index is 1.62. The first-order valence-corrected chi connectivity index (χ1v) is 8.08. The van der Waals surface area contributed by atoms with E-state index in [1.54, 1.807) is 11.8 Å². The number of aromatic nitrogens is 2. The second kappa shape index (κ2) is 6.05. The van der Waals surface area contributed by atoms with Crippen LogP contribution < -0.4 is 9.64 Å². The molecular weight excluding hydrogens is 318 g/mol. The number of fused-ring (bicyclic) bond motifs is 1. The van der Waals surface area contributed by atoms with Crippen LogP contribution in [0.5, 0.6) is 5.75 Å². The summed E-state index contributed by atoms with van der Waals surface area (Å²) in [6.07, 6.45) is -0.547. The van der Waals surface area contributed by atoms with Gasteiger partial charge < -0.3 is 9.26 Å². The van der Waals surface area contributed by atoms with Gasteiger partial charge in [-0.3, -0.25) is 9.69 Å². The molecule has 1 unspecified atom stereocenters. The van der Waals surface area contributed by atoms with E-state index in [4.69, 9.17) is 9.26 Å². The minimum Gasteiger partial charge on any atom is -0.479 e. The maximum atomic E-state index is 12.5. The zero-order valence-corrected chi connectivity index (χ0v) is 14.0. The van der Waals surface area contributed by atoms with Crippen molar-refractivity contribution in [1.29, 1.82) is 0 Å². The maximum absolute atomic E-state index is 12.5. The fourth-order valence-corrected chi connectivity index (χ4v) is 2.80. The number of amides is 1. The molecule has 0 saturated carbocycles. The molecule has 3 aromatic rings. The van der Waals surface area contributed by atoms with Crippen molar-refractivity contribution in [2.75, 3.05) is 4.90 Å². The molecular formula is C19H17N3O3. The van der Waals surface area contributed by atoms with E-state index >= 15 is 0 Å². The van der Waals surface area contributed by atoms with E-state index in [1.165, 1.54) is 0 Å². The summed E-state index contributed by atoms with van der Waals surface area (Å²) >= 11 is 0. The van der Waals surface area contributed by atoms with Crippen LogP contribution in [0.3, 0.4) is 0 Å². The third-order valence-electron chi connectivity index (χ3n) is 4.14. The Morgan fingerprint density at radius 3 is 2.68 bits per heavy atom. The van der Waals surface area contributed by atoms with Crippen LogP contribution in [-0.4, -0.2) is 22.2 Å². The fourth-order valence-electron chi connectivity index (χ4n) is 2.80. The summed E-state index contributed by atoms with van der Waals surface area (Å²) in [5, 5.41) is 4.03. The largest absolute Gasteiger partial charge is 0.479 e. The molecule has 2 heterocycles. The van der Waals surface area contributed by atoms with Crippen LogP contribution in [0.15, 0.2) is 53.1 Å². The quantitative estimate of drug-likeness (QED) is 0.734. The van der Waals surface area contributed by atoms with E-state index in [1.807, 2.05) is 55.5 Å². The van der Waals surface area contributed by atoms with Crippen LogP contribution >= 0.6 is 0 Å². The molecule has 126 valence electrons. The Morgan fingerprint density at radius 1 is 1.12 bits per heavy atom. The van der Waals surface area contributed by atoms with E-state index in [2.05, 4.69) is 10.1 Å². The molecule has 1 atom stereocenters. The van der Waals surface area contributed by atoms with Gasteiger partial charge in [-0.05, 0) is 26.0 Å². The SMILES string of the molecule is Cc1ccc(-c2noc(CN3C(=O)C(C)Oc4ccccc43)n2)cc1. The zero-order chi connectivity index (χ0) is 17.4. The van der Waals surface area contributed by atoms with Crippen molar-refractivity contribution in [3.63, 3.8) is 0 Å². The van der Waals surface area contributed by atoms with Crippen molar-refractivity contribution in [2.24, 2.45) is 0 Å². The molecule has 0 saturated heterocycles. The molecule has 0 radical (unpaired) electrons. The van der Waals surface area contributed by atoms with Gasteiger partial charge in [-0.15, -0.1) is 0 Å². The molecule has 0 N–H and O–H groups in total. The molecule has 6 nitrogen and oxygen atoms in total. The minimum absolute atomic E-state index is 0.131. The highest BCUT2D eigenvalue weighted by Crippen LogP contribution is 2.34. The molecule has 4 rings (SSSR count). The first kappa shape index (κ1) is 15.4. The smallest absolute Gasteiger partial charge is 0.268 e. The van der Waals surface area contributed by atoms with Gasteiger partial charge >= 0.3 is 0 Å². The van der Waals surface area contributed by atoms with Crippen molar-refractivity contribution in [3.8, 4) is 17.1 Å². The van der Waals surface area contributed by atoms with Crippen molar-refractivity contribution >= 4 is 11.6 Å². The van der Waals surface area contributed by atoms with Crippen LogP contribution in [0, 0.1) is 6.92 Å². The second-order valence-electron chi connectivity index (χ2n) is 6.03. The summed E-state index contributed by atoms with van der Waals surface area (Å²) in [6, 6.07) is 15.3. The summed E-state index contributed by atoms with van der Waals surface area (Å²) in [6.45, 7) is 3.97. The summed E-state index contributed by atoms with van der Waals surface area (Å²) in [7, 11) is 0. The van der Waals surface area contributed by atoms with Gasteiger partial charge in [-0.25, -0.2) is 0 Å². The highest BCUT2D eigenvalue weighted by molar-refractivity contribution is 5.99. The third-order valence-corrected chi connectivity index (χ3v) is 4.14. The topological polar surface area (TPSA) is 68.5 Å². The molecule has 0 bridgehead atoms. The Morgan fingerprint density at radius 2 is 1.88 bits per heavy atom. The minimum atomic E-state index is -0.547. The lowest BCUT2D eigenvalue weighted by molar-refractivity contribution is -0.125. The Labute approximate surface area is 145 Å². The highest BCUT2D eigenvalue weighted by Gasteiger charge is 2.32. The first-order chi connectivity index (χ1) is 12.1. The van der Waals surface area contributed by atoms with Crippen LogP contribution in [0.25, 0.3) is 11.4 Å². The maximum Gasteiger partial charge on any atom is 0.268 e. The lowest BCUT2D eigenvalue weighted by Crippen LogP contribution is -2.44. The van der Waals surface area contributed by atoms with E-state index in [9.17, 15) is 4.79 Å². The summed E-state index contributed by atoms with van der Waals surface area (Å²) in [5.41, 5.74) is 2.75. The van der Waals surface area contributed by atoms with E-state index in [0.29, 0.717) is 23.2 Å². The number of carbonyl (C=O) groups excluding carboxylic acids is 1. The lowest BCUT2D eigenvalue weighted by atomic mass is 10.1. The normalized spacial score (nSPS) is 16.5. The predicted molar refractivity (Wildman–Crippen MR) is 92.2 cm³/mol. The first-order valence-electron chi connectivity index (χ1n) is 8.08. The van der Waals surface area contributed by atoms with Crippen LogP contribution in [0.2, 0.25) is 0 Å². The number of para-hydroxylation sites is 2. The Hall–Kier alpha value is -3.15. The molecule has 1 aliphatic heterocycles. The molecule has 1 aliphatic rings. The molecule has 0 aliphatic carbocycles. The number of anilines is 1. The Bertz CT molecular complexity index is 918. The van der Waals surface area contributed by atoms with Crippen molar-refractivity contribution in [3.05, 3.63) is 60.0 Å². The van der Waals surface area contributed by atoms with Gasteiger partial charge in [0.2, 0.25) is 11.7 Å². The summed E-state index contributed by atoms with van der Waals surface area (Å²) in [5.74, 6) is 1.44. The van der Waals surface area contributed by atoms with Gasteiger partial charge in [0.1, 0.15) is 12.3 Å². The van der Waals surface area contributed by atoms with Gasteiger partial charge in [0.15, 0.2) is 6.10 Å². The molecule has 6 heteroatoms. The van der Waals surface area contributed by atoms with Gasteiger partial charge in [0.25, 0.3) is 5.91 Å². The number of aryl methyl sites for hydroxylation is 1. The van der Waals surface area contributed by atoms with Crippen molar-refractivity contribution < 1.29 is 14.1 Å². The standard InChI is InChI=1S/C19H17N3O3/c1-12-7-9-14(10-8-12)18-20-17(25-21-18)11-22-15-5-3-4-6-16(15)24-13(2)19(22)23/h3-10,13H,11H2,1-2H3. The van der Waals surface area contributed by atoms with E-state index in [-0.39, 0.29) is 12.5 Å². The summed E-state index contributed by atoms with van der Waals surface area (Å²) < 4.78 is 11.0. The number of hydrogen-bond donors (Lipinski definition) is 0. The van der Waals surface area contributed by atoms with Crippen molar-refractivity contribution in [1.82, 2.24) is 10.1 Å². The average molecular weight is 335 g/mol. The lowest BCUT2D eigenvalue weighted by Gasteiger charge is -2.31. The predicted octanol–water partition coefficient (Wildman–Crippen LogP) is 3.36. The summed E-state index contributed by atoms with van der Waals surface area (Å²) in [4.78, 5) is 18.6. The monoisotopic (exact) mass is 335 g/mol. The number of benzene rings is 2. The fraction of sp³-hybridized carbons (Fsp3) is 0.211. The zero-order valence-electron chi connectivity index (χ0n) is 14.0. The molecule has 1 aromatic heterocycles. The molecule has 0 spiro atoms. The number of ether oxygens (including phenoxy) is 1. The third kappa shape index (κ3) is 2.87. The molecule has 25 heavy (non-hydrogen) atoms. The molecule has 1 amide bonds. The van der Waals surface area contributed by atoms with E-state index in [0.717, 1.165) is 11.1 Å². The van der Waals surface area contributed by atoms with Gasteiger partial charge in [0, 0.05) is 5.56 Å². The van der Waals surface area contributed by atoms with Crippen LogP contribution in [0.4, 0.5) is 5.69 Å². The Kier molecular flexibility index (Phi) is 3.72. The van der Waals surface area contributed by atoms with Crippen molar-refractivity contribution in [2.45, 2.75) is 26.5 Å². The number of carbonyl (C=O) groups is 1. The average Bonchev–Trinajstić information content (AvgIpc) is 3.08. The van der Waals surface area contributed by atoms with Crippen LogP contribution in [0.1, 0.15) is 18.4 Å². The molecule has 2 aromatic carbocycles. The highest BCUT2D eigenvalue weighted by atomic mass is 16.5. The van der Waals surface area contributed by atoms with Crippen LogP contribution in [-0.2, 0) is 11.3 Å².